The molecule has 4 heteroatoms. The van der Waals surface area contributed by atoms with Crippen LogP contribution in [0, 0.1) is 0 Å². The van der Waals surface area contributed by atoms with Gasteiger partial charge in [-0.15, -0.1) is 0 Å². The van der Waals surface area contributed by atoms with E-state index in [4.69, 9.17) is 0 Å². The lowest BCUT2D eigenvalue weighted by molar-refractivity contribution is -0.113. The standard InChI is InChI=1S/C13H12N2O2/c1-15-8-7-14-9-11(15)13(17)12(16)10-5-3-2-4-6-10/h2-7,9H,8H2,1H3. The number of carbonyl (C=O) groups is 2. The van der Waals surface area contributed by atoms with E-state index in [0.29, 0.717) is 17.8 Å². The molecule has 0 unspecified atom stereocenters. The fourth-order valence-electron chi connectivity index (χ4n) is 1.56. The molecule has 0 saturated heterocycles. The average Bonchev–Trinajstić information content (AvgIpc) is 2.39. The van der Waals surface area contributed by atoms with Gasteiger partial charge in [0.2, 0.25) is 5.78 Å². The Morgan fingerprint density at radius 1 is 1.18 bits per heavy atom. The highest BCUT2D eigenvalue weighted by Gasteiger charge is 2.23. The van der Waals surface area contributed by atoms with E-state index in [0.717, 1.165) is 0 Å². The van der Waals surface area contributed by atoms with Gasteiger partial charge in [0.1, 0.15) is 5.70 Å². The molecule has 1 heterocycles. The molecule has 17 heavy (non-hydrogen) atoms. The van der Waals surface area contributed by atoms with Crippen molar-refractivity contribution in [2.24, 2.45) is 4.99 Å². The molecule has 1 aliphatic rings. The number of hydrogen-bond donors (Lipinski definition) is 0. The van der Waals surface area contributed by atoms with Gasteiger partial charge in [-0.25, -0.2) is 0 Å². The van der Waals surface area contributed by atoms with Crippen molar-refractivity contribution in [2.45, 2.75) is 0 Å². The van der Waals surface area contributed by atoms with E-state index in [-0.39, 0.29) is 0 Å². The predicted molar refractivity (Wildman–Crippen MR) is 65.0 cm³/mol. The first-order valence-corrected chi connectivity index (χ1v) is 5.27. The third kappa shape index (κ3) is 2.30. The number of benzene rings is 1. The van der Waals surface area contributed by atoms with Gasteiger partial charge in [0.05, 0.1) is 12.7 Å². The summed E-state index contributed by atoms with van der Waals surface area (Å²) >= 11 is 0. The molecule has 1 aromatic rings. The molecule has 0 spiro atoms. The predicted octanol–water partition coefficient (Wildman–Crippen LogP) is 1.30. The van der Waals surface area contributed by atoms with E-state index >= 15 is 0 Å². The Morgan fingerprint density at radius 2 is 1.88 bits per heavy atom. The van der Waals surface area contributed by atoms with Crippen LogP contribution in [0.3, 0.4) is 0 Å². The summed E-state index contributed by atoms with van der Waals surface area (Å²) in [5.74, 6) is -1.02. The van der Waals surface area contributed by atoms with Gasteiger partial charge in [-0.2, -0.15) is 0 Å². The molecule has 0 saturated carbocycles. The second-order valence-electron chi connectivity index (χ2n) is 3.75. The van der Waals surface area contributed by atoms with Gasteiger partial charge >= 0.3 is 0 Å². The SMILES string of the molecule is CN1CC=NC=C1C(=O)C(=O)c1ccccc1. The zero-order chi connectivity index (χ0) is 12.3. The smallest absolute Gasteiger partial charge is 0.251 e. The van der Waals surface area contributed by atoms with Crippen LogP contribution in [-0.4, -0.2) is 36.3 Å². The molecule has 0 radical (unpaired) electrons. The minimum Gasteiger partial charge on any atom is -0.365 e. The van der Waals surface area contributed by atoms with E-state index in [1.165, 1.54) is 6.20 Å². The number of nitrogens with zero attached hydrogens (tertiary/aromatic N) is 2. The number of hydrogen-bond acceptors (Lipinski definition) is 4. The van der Waals surface area contributed by atoms with Gasteiger partial charge in [-0.3, -0.25) is 14.6 Å². The molecule has 0 atom stereocenters. The molecule has 0 fully saturated rings. The van der Waals surface area contributed by atoms with Crippen LogP contribution in [0.15, 0.2) is 47.2 Å². The molecule has 0 bridgehead atoms. The van der Waals surface area contributed by atoms with Crippen LogP contribution in [0.2, 0.25) is 0 Å². The van der Waals surface area contributed by atoms with Crippen molar-refractivity contribution < 1.29 is 9.59 Å². The Labute approximate surface area is 99.3 Å². The highest BCUT2D eigenvalue weighted by molar-refractivity contribution is 6.49. The van der Waals surface area contributed by atoms with Gasteiger partial charge in [0, 0.05) is 18.8 Å². The largest absolute Gasteiger partial charge is 0.365 e. The topological polar surface area (TPSA) is 49.7 Å². The van der Waals surface area contributed by atoms with Crippen molar-refractivity contribution in [3.05, 3.63) is 47.8 Å². The molecule has 1 aliphatic heterocycles. The molecule has 2 rings (SSSR count). The first-order chi connectivity index (χ1) is 8.20. The summed E-state index contributed by atoms with van der Waals surface area (Å²) in [5.41, 5.74) is 0.739. The lowest BCUT2D eigenvalue weighted by Gasteiger charge is -2.20. The van der Waals surface area contributed by atoms with Crippen molar-refractivity contribution in [3.63, 3.8) is 0 Å². The molecular formula is C13H12N2O2. The van der Waals surface area contributed by atoms with Crippen LogP contribution in [0.5, 0.6) is 0 Å². The Morgan fingerprint density at radius 3 is 2.53 bits per heavy atom. The van der Waals surface area contributed by atoms with Crippen molar-refractivity contribution in [1.29, 1.82) is 0 Å². The van der Waals surface area contributed by atoms with Crippen LogP contribution >= 0.6 is 0 Å². The molecular weight excluding hydrogens is 216 g/mol. The highest BCUT2D eigenvalue weighted by atomic mass is 16.2. The molecule has 0 N–H and O–H groups in total. The van der Waals surface area contributed by atoms with Gasteiger partial charge in [-0.05, 0) is 0 Å². The third-order valence-electron chi connectivity index (χ3n) is 2.54. The number of allylic oxidation sites excluding steroid dienone is 1. The normalized spacial score (nSPS) is 14.4. The number of likely N-dealkylation sites (N-methyl/N-ethyl adjacent to an activating group) is 1. The maximum Gasteiger partial charge on any atom is 0.251 e. The molecule has 0 aromatic heterocycles. The maximum absolute atomic E-state index is 12.0. The monoisotopic (exact) mass is 228 g/mol. The van der Waals surface area contributed by atoms with Crippen LogP contribution in [0.1, 0.15) is 10.4 Å². The second-order valence-corrected chi connectivity index (χ2v) is 3.75. The number of ketones is 2. The fourth-order valence-corrected chi connectivity index (χ4v) is 1.56. The first-order valence-electron chi connectivity index (χ1n) is 5.27. The van der Waals surface area contributed by atoms with Gasteiger partial charge in [-0.1, -0.05) is 30.3 Å². The Balaban J connectivity index is 2.24. The summed E-state index contributed by atoms with van der Waals surface area (Å²) in [7, 11) is 1.76. The minimum atomic E-state index is -0.518. The van der Waals surface area contributed by atoms with Gasteiger partial charge in [0.15, 0.2) is 0 Å². The molecule has 0 amide bonds. The van der Waals surface area contributed by atoms with Crippen LogP contribution < -0.4 is 0 Å². The Bertz CT molecular complexity index is 503. The minimum absolute atomic E-state index is 0.335. The molecule has 86 valence electrons. The summed E-state index contributed by atoms with van der Waals surface area (Å²) < 4.78 is 0. The van der Waals surface area contributed by atoms with E-state index in [9.17, 15) is 9.59 Å². The summed E-state index contributed by atoms with van der Waals surface area (Å²) in [6.07, 6.45) is 3.11. The van der Waals surface area contributed by atoms with Crippen LogP contribution in [-0.2, 0) is 4.79 Å². The van der Waals surface area contributed by atoms with E-state index in [1.807, 2.05) is 0 Å². The fraction of sp³-hybridized carbons (Fsp3) is 0.154. The van der Waals surface area contributed by atoms with Gasteiger partial charge in [0.25, 0.3) is 5.78 Å². The average molecular weight is 228 g/mol. The summed E-state index contributed by atoms with van der Waals surface area (Å²) in [6, 6.07) is 8.53. The van der Waals surface area contributed by atoms with Crippen LogP contribution in [0.25, 0.3) is 0 Å². The van der Waals surface area contributed by atoms with Crippen molar-refractivity contribution in [1.82, 2.24) is 4.90 Å². The Kier molecular flexibility index (Phi) is 3.14. The quantitative estimate of drug-likeness (QED) is 0.578. The zero-order valence-corrected chi connectivity index (χ0v) is 9.46. The molecule has 0 aliphatic carbocycles. The van der Waals surface area contributed by atoms with Gasteiger partial charge < -0.3 is 4.90 Å². The summed E-state index contributed by atoms with van der Waals surface area (Å²) in [4.78, 5) is 29.5. The maximum atomic E-state index is 12.0. The van der Waals surface area contributed by atoms with Crippen molar-refractivity contribution in [3.8, 4) is 0 Å². The second kappa shape index (κ2) is 4.74. The summed E-state index contributed by atoms with van der Waals surface area (Å²) in [5, 5.41) is 0. The van der Waals surface area contributed by atoms with Crippen LogP contribution in [0.4, 0.5) is 0 Å². The van der Waals surface area contributed by atoms with E-state index < -0.39 is 11.6 Å². The molecule has 1 aromatic carbocycles. The van der Waals surface area contributed by atoms with Crippen molar-refractivity contribution in [2.75, 3.05) is 13.6 Å². The first kappa shape index (κ1) is 11.3. The Hall–Kier alpha value is -2.23. The molecule has 4 nitrogen and oxygen atoms in total. The number of Topliss-reactive ketones (excluding diaryl/α,β-unsaturated/α-hetero) is 2. The zero-order valence-electron chi connectivity index (χ0n) is 9.46. The lowest BCUT2D eigenvalue weighted by Crippen LogP contribution is -2.31. The highest BCUT2D eigenvalue weighted by Crippen LogP contribution is 2.11. The number of rotatable bonds is 3. The number of aliphatic imine (C=N–C) groups is 1. The van der Waals surface area contributed by atoms with E-state index in [1.54, 1.807) is 48.5 Å². The van der Waals surface area contributed by atoms with Crippen molar-refractivity contribution >= 4 is 17.8 Å². The third-order valence-corrected chi connectivity index (χ3v) is 2.54. The lowest BCUT2D eigenvalue weighted by atomic mass is 10.1. The summed E-state index contributed by atoms with van der Waals surface area (Å²) in [6.45, 7) is 0.541. The number of carbonyl (C=O) groups excluding carboxylic acids is 2. The van der Waals surface area contributed by atoms with E-state index in [2.05, 4.69) is 4.99 Å².